The van der Waals surface area contributed by atoms with Crippen LogP contribution in [0.15, 0.2) is 78.4 Å². The number of halogens is 1. The lowest BCUT2D eigenvalue weighted by Gasteiger charge is -2.22. The molecule has 1 aromatic heterocycles. The van der Waals surface area contributed by atoms with Gasteiger partial charge in [-0.05, 0) is 55.0 Å². The summed E-state index contributed by atoms with van der Waals surface area (Å²) in [5, 5.41) is 11.4. The monoisotopic (exact) mass is 474 g/mol. The number of amides is 1. The average Bonchev–Trinajstić information content (AvgIpc) is 3.38. The number of aliphatic hydroxyl groups is 1. The maximum atomic E-state index is 13.4. The number of hydrogen-bond donors (Lipinski definition) is 1. The fourth-order valence-electron chi connectivity index (χ4n) is 4.00. The van der Waals surface area contributed by atoms with Crippen LogP contribution in [0.4, 0.5) is 9.52 Å². The second-order valence-corrected chi connectivity index (χ2v) is 8.65. The molecule has 5 rings (SSSR count). The Balaban J connectivity index is 1.68. The number of anilines is 1. The van der Waals surface area contributed by atoms with E-state index in [1.165, 1.54) is 40.5 Å². The third-order valence-electron chi connectivity index (χ3n) is 5.54. The Hall–Kier alpha value is -4.04. The first-order chi connectivity index (χ1) is 16.5. The molecule has 0 unspecified atom stereocenters. The molecular weight excluding hydrogens is 455 g/mol. The van der Waals surface area contributed by atoms with Crippen molar-refractivity contribution in [1.82, 2.24) is 4.98 Å². The van der Waals surface area contributed by atoms with Crippen molar-refractivity contribution in [2.45, 2.75) is 13.0 Å². The quantitative estimate of drug-likeness (QED) is 0.236. The molecule has 0 radical (unpaired) electrons. The van der Waals surface area contributed by atoms with Crippen LogP contribution in [0.25, 0.3) is 16.0 Å². The SMILES string of the molecule is CCOc1ccc2nc(N3C(=O)C(=O)C(=C(O)c4ccc(F)cc4)[C@H]3c3ccccc3)sc2c1. The number of aromatic nitrogens is 1. The van der Waals surface area contributed by atoms with Gasteiger partial charge in [0.05, 0.1) is 28.4 Å². The minimum atomic E-state index is -0.891. The number of fused-ring (bicyclic) bond motifs is 1. The van der Waals surface area contributed by atoms with E-state index in [4.69, 9.17) is 4.74 Å². The van der Waals surface area contributed by atoms with E-state index in [1.54, 1.807) is 36.4 Å². The number of rotatable bonds is 5. The second kappa shape index (κ2) is 8.72. The van der Waals surface area contributed by atoms with Crippen molar-refractivity contribution in [2.24, 2.45) is 0 Å². The summed E-state index contributed by atoms with van der Waals surface area (Å²) >= 11 is 1.26. The Morgan fingerprint density at radius 1 is 1.09 bits per heavy atom. The summed E-state index contributed by atoms with van der Waals surface area (Å²) < 4.78 is 19.8. The molecule has 1 aliphatic rings. The number of benzene rings is 3. The zero-order valence-electron chi connectivity index (χ0n) is 18.1. The summed E-state index contributed by atoms with van der Waals surface area (Å²) in [6.07, 6.45) is 0. The predicted molar refractivity (Wildman–Crippen MR) is 128 cm³/mol. The van der Waals surface area contributed by atoms with Crippen LogP contribution in [0.5, 0.6) is 5.75 Å². The largest absolute Gasteiger partial charge is 0.507 e. The summed E-state index contributed by atoms with van der Waals surface area (Å²) in [4.78, 5) is 32.3. The average molecular weight is 475 g/mol. The Labute approximate surface area is 198 Å². The van der Waals surface area contributed by atoms with Gasteiger partial charge in [0.2, 0.25) is 0 Å². The van der Waals surface area contributed by atoms with E-state index in [9.17, 15) is 19.1 Å². The Kier molecular flexibility index (Phi) is 5.59. The van der Waals surface area contributed by atoms with E-state index >= 15 is 0 Å². The van der Waals surface area contributed by atoms with Gasteiger partial charge < -0.3 is 9.84 Å². The Morgan fingerprint density at radius 2 is 1.82 bits per heavy atom. The molecule has 1 saturated heterocycles. The van der Waals surface area contributed by atoms with E-state index < -0.39 is 23.5 Å². The number of carbonyl (C=O) groups is 2. The van der Waals surface area contributed by atoms with Crippen LogP contribution in [-0.2, 0) is 9.59 Å². The lowest BCUT2D eigenvalue weighted by molar-refractivity contribution is -0.132. The zero-order chi connectivity index (χ0) is 23.8. The van der Waals surface area contributed by atoms with Crippen molar-refractivity contribution in [2.75, 3.05) is 11.5 Å². The summed E-state index contributed by atoms with van der Waals surface area (Å²) in [6.45, 7) is 2.41. The first-order valence-corrected chi connectivity index (χ1v) is 11.4. The van der Waals surface area contributed by atoms with Crippen LogP contribution in [0.1, 0.15) is 24.1 Å². The van der Waals surface area contributed by atoms with Gasteiger partial charge in [-0.3, -0.25) is 14.5 Å². The number of thiazole rings is 1. The first kappa shape index (κ1) is 21.8. The van der Waals surface area contributed by atoms with Crippen molar-refractivity contribution in [3.63, 3.8) is 0 Å². The molecule has 1 fully saturated rings. The van der Waals surface area contributed by atoms with Crippen molar-refractivity contribution < 1.29 is 23.8 Å². The predicted octanol–water partition coefficient (Wildman–Crippen LogP) is 5.46. The lowest BCUT2D eigenvalue weighted by atomic mass is 9.95. The minimum Gasteiger partial charge on any atom is -0.507 e. The van der Waals surface area contributed by atoms with Gasteiger partial charge >= 0.3 is 5.91 Å². The fourth-order valence-corrected chi connectivity index (χ4v) is 5.02. The summed E-state index contributed by atoms with van der Waals surface area (Å²) in [6, 6.07) is 18.6. The normalized spacial score (nSPS) is 17.5. The molecule has 170 valence electrons. The van der Waals surface area contributed by atoms with Gasteiger partial charge in [-0.25, -0.2) is 9.37 Å². The van der Waals surface area contributed by atoms with Gasteiger partial charge in [0.1, 0.15) is 17.3 Å². The van der Waals surface area contributed by atoms with Crippen LogP contribution in [-0.4, -0.2) is 28.4 Å². The van der Waals surface area contributed by atoms with Gasteiger partial charge in [0.25, 0.3) is 5.78 Å². The van der Waals surface area contributed by atoms with E-state index in [0.29, 0.717) is 28.6 Å². The molecular formula is C26H19FN2O4S. The number of hydrogen-bond acceptors (Lipinski definition) is 6. The highest BCUT2D eigenvalue weighted by Gasteiger charge is 2.48. The van der Waals surface area contributed by atoms with Gasteiger partial charge in [-0.15, -0.1) is 0 Å². The molecule has 1 N–H and O–H groups in total. The molecule has 8 heteroatoms. The van der Waals surface area contributed by atoms with E-state index in [-0.39, 0.29) is 16.9 Å². The third-order valence-corrected chi connectivity index (χ3v) is 6.56. The number of ether oxygens (including phenoxy) is 1. The standard InChI is InChI=1S/C26H19FN2O4S/c1-2-33-18-12-13-19-20(14-18)34-26(28-19)29-22(15-6-4-3-5-7-15)21(24(31)25(29)32)23(30)16-8-10-17(27)11-9-16/h3-14,22,30H,2H2,1H3/t22-/m1/s1. The number of nitrogens with zero attached hydrogens (tertiary/aromatic N) is 2. The van der Waals surface area contributed by atoms with E-state index in [1.807, 2.05) is 19.1 Å². The molecule has 34 heavy (non-hydrogen) atoms. The lowest BCUT2D eigenvalue weighted by Crippen LogP contribution is -2.29. The molecule has 0 aliphatic carbocycles. The van der Waals surface area contributed by atoms with Gasteiger partial charge in [0, 0.05) is 5.56 Å². The molecule has 0 saturated carbocycles. The summed E-state index contributed by atoms with van der Waals surface area (Å²) in [5.41, 5.74) is 1.47. The Bertz CT molecular complexity index is 1430. The Morgan fingerprint density at radius 3 is 2.53 bits per heavy atom. The molecule has 1 aliphatic heterocycles. The van der Waals surface area contributed by atoms with Crippen molar-refractivity contribution in [3.8, 4) is 5.75 Å². The number of carbonyl (C=O) groups excluding carboxylic acids is 2. The molecule has 1 amide bonds. The van der Waals surface area contributed by atoms with Gasteiger partial charge in [-0.1, -0.05) is 41.7 Å². The van der Waals surface area contributed by atoms with Gasteiger partial charge in [-0.2, -0.15) is 0 Å². The first-order valence-electron chi connectivity index (χ1n) is 10.6. The van der Waals surface area contributed by atoms with Gasteiger partial charge in [0.15, 0.2) is 5.13 Å². The number of ketones is 1. The van der Waals surface area contributed by atoms with E-state index in [2.05, 4.69) is 4.98 Å². The van der Waals surface area contributed by atoms with Crippen molar-refractivity contribution in [1.29, 1.82) is 0 Å². The third kappa shape index (κ3) is 3.72. The van der Waals surface area contributed by atoms with Crippen LogP contribution < -0.4 is 9.64 Å². The highest BCUT2D eigenvalue weighted by molar-refractivity contribution is 7.22. The molecule has 1 atom stereocenters. The smallest absolute Gasteiger partial charge is 0.301 e. The number of Topliss-reactive ketones (excluding diaryl/α,β-unsaturated/α-hetero) is 1. The highest BCUT2D eigenvalue weighted by Crippen LogP contribution is 2.44. The minimum absolute atomic E-state index is 0.0722. The molecule has 3 aromatic carbocycles. The van der Waals surface area contributed by atoms with Crippen molar-refractivity contribution >= 4 is 44.1 Å². The van der Waals surface area contributed by atoms with Crippen LogP contribution in [0, 0.1) is 5.82 Å². The summed E-state index contributed by atoms with van der Waals surface area (Å²) in [5.74, 6) is -1.78. The highest BCUT2D eigenvalue weighted by atomic mass is 32.1. The van der Waals surface area contributed by atoms with E-state index in [0.717, 1.165) is 4.70 Å². The molecule has 4 aromatic rings. The maximum Gasteiger partial charge on any atom is 0.301 e. The molecule has 0 bridgehead atoms. The molecule has 2 heterocycles. The second-order valence-electron chi connectivity index (χ2n) is 7.65. The van der Waals surface area contributed by atoms with Crippen LogP contribution >= 0.6 is 11.3 Å². The summed E-state index contributed by atoms with van der Waals surface area (Å²) in [7, 11) is 0. The fraction of sp³-hybridized carbons (Fsp3) is 0.115. The van der Waals surface area contributed by atoms with Crippen molar-refractivity contribution in [3.05, 3.63) is 95.3 Å². The van der Waals surface area contributed by atoms with Crippen LogP contribution in [0.2, 0.25) is 0 Å². The topological polar surface area (TPSA) is 79.7 Å². The number of aliphatic hydroxyl groups excluding tert-OH is 1. The molecule has 0 spiro atoms. The van der Waals surface area contributed by atoms with Crippen LogP contribution in [0.3, 0.4) is 0 Å². The zero-order valence-corrected chi connectivity index (χ0v) is 18.9. The molecule has 6 nitrogen and oxygen atoms in total. The maximum absolute atomic E-state index is 13.4.